The number of nitrogens with one attached hydrogen (secondary N) is 2. The molecule has 1 heterocycles. The van der Waals surface area contributed by atoms with Crippen LogP contribution in [0.1, 0.15) is 38.8 Å². The van der Waals surface area contributed by atoms with Crippen molar-refractivity contribution in [2.45, 2.75) is 33.1 Å². The van der Waals surface area contributed by atoms with E-state index in [-0.39, 0.29) is 18.4 Å². The van der Waals surface area contributed by atoms with E-state index in [9.17, 15) is 9.59 Å². The van der Waals surface area contributed by atoms with Crippen LogP contribution in [0.3, 0.4) is 0 Å². The van der Waals surface area contributed by atoms with Crippen LogP contribution in [0.2, 0.25) is 0 Å². The lowest BCUT2D eigenvalue weighted by molar-refractivity contribution is -0.137. The van der Waals surface area contributed by atoms with Crippen molar-refractivity contribution in [2.24, 2.45) is 5.92 Å². The van der Waals surface area contributed by atoms with Crippen LogP contribution in [-0.4, -0.2) is 28.6 Å². The summed E-state index contributed by atoms with van der Waals surface area (Å²) in [5.41, 5.74) is 0.944. The fourth-order valence-corrected chi connectivity index (χ4v) is 2.25. The van der Waals surface area contributed by atoms with Crippen LogP contribution in [0.25, 0.3) is 0 Å². The standard InChI is InChI=1S/C12H19N3O3S/c1-7(2)9-6-19-12(14-9)15-11(18)13-5-8(3)4-10(16)17/h6-8H,4-5H2,1-3H3,(H,16,17)(H2,13,14,15,18). The second-order valence-corrected chi connectivity index (χ2v) is 5.63. The number of aliphatic carboxylic acids is 1. The summed E-state index contributed by atoms with van der Waals surface area (Å²) in [5.74, 6) is -0.646. The topological polar surface area (TPSA) is 91.3 Å². The highest BCUT2D eigenvalue weighted by molar-refractivity contribution is 7.13. The number of carboxylic acid groups (broad SMARTS) is 1. The second-order valence-electron chi connectivity index (χ2n) is 4.77. The molecule has 0 aliphatic rings. The van der Waals surface area contributed by atoms with Gasteiger partial charge in [-0.05, 0) is 11.8 Å². The Morgan fingerprint density at radius 2 is 2.11 bits per heavy atom. The number of thiazole rings is 1. The highest BCUT2D eigenvalue weighted by Gasteiger charge is 2.11. The molecule has 1 atom stereocenters. The third-order valence-corrected chi connectivity index (χ3v) is 3.24. The summed E-state index contributed by atoms with van der Waals surface area (Å²) in [4.78, 5) is 26.3. The van der Waals surface area contributed by atoms with E-state index in [1.165, 1.54) is 11.3 Å². The Hall–Kier alpha value is -1.63. The zero-order valence-electron chi connectivity index (χ0n) is 11.3. The number of anilines is 1. The number of urea groups is 1. The molecule has 19 heavy (non-hydrogen) atoms. The summed E-state index contributed by atoms with van der Waals surface area (Å²) in [6.45, 7) is 6.16. The van der Waals surface area contributed by atoms with Crippen LogP contribution in [0.15, 0.2) is 5.38 Å². The maximum atomic E-state index is 11.6. The first kappa shape index (κ1) is 15.4. The second kappa shape index (κ2) is 7.08. The van der Waals surface area contributed by atoms with Crippen LogP contribution in [0.5, 0.6) is 0 Å². The van der Waals surface area contributed by atoms with Crippen LogP contribution in [0, 0.1) is 5.92 Å². The van der Waals surface area contributed by atoms with Gasteiger partial charge < -0.3 is 10.4 Å². The van der Waals surface area contributed by atoms with Crippen molar-refractivity contribution in [1.82, 2.24) is 10.3 Å². The number of rotatable bonds is 6. The lowest BCUT2D eigenvalue weighted by Gasteiger charge is -2.10. The first-order valence-corrected chi connectivity index (χ1v) is 6.98. The monoisotopic (exact) mass is 285 g/mol. The van der Waals surface area contributed by atoms with E-state index in [0.29, 0.717) is 17.6 Å². The number of amides is 2. The van der Waals surface area contributed by atoms with E-state index >= 15 is 0 Å². The molecule has 106 valence electrons. The Bertz CT molecular complexity index is 445. The van der Waals surface area contributed by atoms with Crippen LogP contribution < -0.4 is 10.6 Å². The number of hydrogen-bond donors (Lipinski definition) is 3. The van der Waals surface area contributed by atoms with E-state index in [0.717, 1.165) is 5.69 Å². The molecular weight excluding hydrogens is 266 g/mol. The molecular formula is C12H19N3O3S. The van der Waals surface area contributed by atoms with Crippen molar-refractivity contribution >= 4 is 28.5 Å². The Kier molecular flexibility index (Phi) is 5.75. The molecule has 0 radical (unpaired) electrons. The minimum absolute atomic E-state index is 0.0367. The van der Waals surface area contributed by atoms with E-state index in [1.807, 2.05) is 19.2 Å². The van der Waals surface area contributed by atoms with Gasteiger partial charge in [0.1, 0.15) is 0 Å². The molecule has 2 amide bonds. The number of carbonyl (C=O) groups excluding carboxylic acids is 1. The van der Waals surface area contributed by atoms with Gasteiger partial charge in [0.2, 0.25) is 0 Å². The molecule has 0 spiro atoms. The quantitative estimate of drug-likeness (QED) is 0.749. The highest BCUT2D eigenvalue weighted by Crippen LogP contribution is 2.21. The van der Waals surface area contributed by atoms with Gasteiger partial charge in [0.15, 0.2) is 5.13 Å². The van der Waals surface area contributed by atoms with Gasteiger partial charge >= 0.3 is 12.0 Å². The van der Waals surface area contributed by atoms with Gasteiger partial charge in [-0.3, -0.25) is 10.1 Å². The van der Waals surface area contributed by atoms with Gasteiger partial charge in [0.05, 0.1) is 5.69 Å². The zero-order chi connectivity index (χ0) is 14.4. The van der Waals surface area contributed by atoms with Crippen LogP contribution >= 0.6 is 11.3 Å². The predicted molar refractivity (Wildman–Crippen MR) is 74.6 cm³/mol. The van der Waals surface area contributed by atoms with Gasteiger partial charge in [-0.25, -0.2) is 9.78 Å². The van der Waals surface area contributed by atoms with Crippen molar-refractivity contribution in [3.05, 3.63) is 11.1 Å². The Labute approximate surface area is 116 Å². The van der Waals surface area contributed by atoms with E-state index in [1.54, 1.807) is 6.92 Å². The largest absolute Gasteiger partial charge is 0.481 e. The first-order valence-electron chi connectivity index (χ1n) is 6.10. The average Bonchev–Trinajstić information content (AvgIpc) is 2.74. The van der Waals surface area contributed by atoms with Gasteiger partial charge in [0, 0.05) is 18.3 Å². The molecule has 6 nitrogen and oxygen atoms in total. The number of hydrogen-bond acceptors (Lipinski definition) is 4. The molecule has 1 rings (SSSR count). The first-order chi connectivity index (χ1) is 8.88. The number of nitrogens with zero attached hydrogens (tertiary/aromatic N) is 1. The number of carbonyl (C=O) groups is 2. The molecule has 1 aromatic rings. The molecule has 1 unspecified atom stereocenters. The molecule has 0 fully saturated rings. The van der Waals surface area contributed by atoms with Crippen molar-refractivity contribution in [2.75, 3.05) is 11.9 Å². The van der Waals surface area contributed by atoms with Gasteiger partial charge in [-0.1, -0.05) is 20.8 Å². The zero-order valence-corrected chi connectivity index (χ0v) is 12.1. The van der Waals surface area contributed by atoms with Crippen LogP contribution in [0.4, 0.5) is 9.93 Å². The SMILES string of the molecule is CC(CNC(=O)Nc1nc(C(C)C)cs1)CC(=O)O. The maximum Gasteiger partial charge on any atom is 0.321 e. The average molecular weight is 285 g/mol. The molecule has 0 bridgehead atoms. The fourth-order valence-electron chi connectivity index (χ4n) is 1.39. The minimum Gasteiger partial charge on any atom is -0.481 e. The predicted octanol–water partition coefficient (Wildman–Crippen LogP) is 2.50. The minimum atomic E-state index is -0.865. The fraction of sp³-hybridized carbons (Fsp3) is 0.583. The van der Waals surface area contributed by atoms with Crippen molar-refractivity contribution in [3.8, 4) is 0 Å². The lowest BCUT2D eigenvalue weighted by Crippen LogP contribution is -2.32. The summed E-state index contributed by atoms with van der Waals surface area (Å²) in [6.07, 6.45) is 0.0367. The summed E-state index contributed by atoms with van der Waals surface area (Å²) < 4.78 is 0. The third-order valence-electron chi connectivity index (χ3n) is 2.47. The summed E-state index contributed by atoms with van der Waals surface area (Å²) >= 11 is 1.37. The van der Waals surface area contributed by atoms with Gasteiger partial charge in [-0.15, -0.1) is 11.3 Å². The third kappa shape index (κ3) is 5.69. The smallest absolute Gasteiger partial charge is 0.321 e. The molecule has 7 heteroatoms. The molecule has 0 aromatic carbocycles. The normalized spacial score (nSPS) is 12.2. The summed E-state index contributed by atoms with van der Waals surface area (Å²) in [6, 6.07) is -0.359. The van der Waals surface area contributed by atoms with Gasteiger partial charge in [-0.2, -0.15) is 0 Å². The van der Waals surface area contributed by atoms with Crippen molar-refractivity contribution < 1.29 is 14.7 Å². The summed E-state index contributed by atoms with van der Waals surface area (Å²) in [7, 11) is 0. The molecule has 0 saturated carbocycles. The molecule has 1 aromatic heterocycles. The number of carboxylic acids is 1. The van der Waals surface area contributed by atoms with Crippen LogP contribution in [-0.2, 0) is 4.79 Å². The molecule has 0 saturated heterocycles. The molecule has 3 N–H and O–H groups in total. The number of aromatic nitrogens is 1. The highest BCUT2D eigenvalue weighted by atomic mass is 32.1. The van der Waals surface area contributed by atoms with Gasteiger partial charge in [0.25, 0.3) is 0 Å². The Morgan fingerprint density at radius 1 is 1.42 bits per heavy atom. The van der Waals surface area contributed by atoms with E-state index in [4.69, 9.17) is 5.11 Å². The van der Waals surface area contributed by atoms with Crippen molar-refractivity contribution in [3.63, 3.8) is 0 Å². The lowest BCUT2D eigenvalue weighted by atomic mass is 10.1. The molecule has 0 aliphatic heterocycles. The van der Waals surface area contributed by atoms with E-state index in [2.05, 4.69) is 15.6 Å². The maximum absolute atomic E-state index is 11.6. The summed E-state index contributed by atoms with van der Waals surface area (Å²) in [5, 5.41) is 16.3. The molecule has 0 aliphatic carbocycles. The van der Waals surface area contributed by atoms with E-state index < -0.39 is 5.97 Å². The van der Waals surface area contributed by atoms with Crippen molar-refractivity contribution in [1.29, 1.82) is 0 Å². The Balaban J connectivity index is 2.36. The Morgan fingerprint density at radius 3 is 2.63 bits per heavy atom.